The van der Waals surface area contributed by atoms with Gasteiger partial charge in [-0.1, -0.05) is 24.3 Å². The fourth-order valence-electron chi connectivity index (χ4n) is 1.75. The predicted octanol–water partition coefficient (Wildman–Crippen LogP) is 3.32. The molecule has 0 saturated carbocycles. The highest BCUT2D eigenvalue weighted by atomic mass is 19.4. The molecule has 2 atom stereocenters. The first-order valence-corrected chi connectivity index (χ1v) is 5.76. The molecular formula is C14H15F3O2. The number of benzene rings is 1. The monoisotopic (exact) mass is 272 g/mol. The lowest BCUT2D eigenvalue weighted by Gasteiger charge is -2.18. The zero-order valence-electron chi connectivity index (χ0n) is 10.6. The molecular weight excluding hydrogens is 257 g/mol. The van der Waals surface area contributed by atoms with Gasteiger partial charge < -0.3 is 5.11 Å². The molecule has 0 unspecified atom stereocenters. The van der Waals surface area contributed by atoms with Crippen LogP contribution in [0.25, 0.3) is 0 Å². The van der Waals surface area contributed by atoms with Gasteiger partial charge in [-0.25, -0.2) is 0 Å². The summed E-state index contributed by atoms with van der Waals surface area (Å²) >= 11 is 0. The second-order valence-corrected chi connectivity index (χ2v) is 4.23. The minimum Gasteiger partial charge on any atom is -0.384 e. The molecule has 2 nitrogen and oxygen atoms in total. The Bertz CT molecular complexity index is 461. The molecule has 0 aliphatic carbocycles. The van der Waals surface area contributed by atoms with Crippen molar-refractivity contribution in [2.45, 2.75) is 32.0 Å². The van der Waals surface area contributed by atoms with Crippen LogP contribution in [0.4, 0.5) is 13.2 Å². The Kier molecular flexibility index (Phi) is 4.89. The Morgan fingerprint density at radius 2 is 1.79 bits per heavy atom. The van der Waals surface area contributed by atoms with E-state index in [1.165, 1.54) is 19.1 Å². The van der Waals surface area contributed by atoms with Crippen LogP contribution in [-0.2, 0) is 11.0 Å². The molecule has 5 heteroatoms. The molecule has 1 aromatic carbocycles. The molecule has 0 aromatic heterocycles. The molecule has 0 aliphatic rings. The van der Waals surface area contributed by atoms with Crippen molar-refractivity contribution in [3.63, 3.8) is 0 Å². The molecule has 104 valence electrons. The fraction of sp³-hybridized carbons (Fsp3) is 0.357. The maximum Gasteiger partial charge on any atom is 0.416 e. The quantitative estimate of drug-likeness (QED) is 0.854. The van der Waals surface area contributed by atoms with Crippen molar-refractivity contribution < 1.29 is 23.1 Å². The normalized spacial score (nSPS) is 15.5. The minimum atomic E-state index is -4.40. The number of allylic oxidation sites excluding steroid dienone is 1. The molecule has 0 bridgehead atoms. The number of rotatable bonds is 4. The summed E-state index contributed by atoms with van der Waals surface area (Å²) < 4.78 is 37.3. The fourth-order valence-corrected chi connectivity index (χ4v) is 1.75. The number of aliphatic hydroxyl groups excluding tert-OH is 1. The summed E-state index contributed by atoms with van der Waals surface area (Å²) in [5.41, 5.74) is -0.290. The lowest BCUT2D eigenvalue weighted by Crippen LogP contribution is -2.24. The largest absolute Gasteiger partial charge is 0.416 e. The van der Waals surface area contributed by atoms with Crippen LogP contribution in [0.3, 0.4) is 0 Å². The van der Waals surface area contributed by atoms with Gasteiger partial charge in [-0.3, -0.25) is 4.79 Å². The summed E-state index contributed by atoms with van der Waals surface area (Å²) in [5.74, 6) is -1.06. The summed E-state index contributed by atoms with van der Waals surface area (Å²) in [6.45, 7) is 2.95. The van der Waals surface area contributed by atoms with E-state index in [0.717, 1.165) is 12.1 Å². The summed E-state index contributed by atoms with van der Waals surface area (Å²) in [7, 11) is 0. The van der Waals surface area contributed by atoms with Gasteiger partial charge in [0.15, 0.2) is 5.78 Å². The van der Waals surface area contributed by atoms with Crippen LogP contribution in [0.5, 0.6) is 0 Å². The van der Waals surface area contributed by atoms with Crippen molar-refractivity contribution in [3.05, 3.63) is 47.5 Å². The van der Waals surface area contributed by atoms with Crippen LogP contribution in [0.1, 0.15) is 30.9 Å². The molecule has 1 aromatic rings. The van der Waals surface area contributed by atoms with Gasteiger partial charge in [0.05, 0.1) is 5.56 Å². The number of halogens is 3. The van der Waals surface area contributed by atoms with E-state index in [0.29, 0.717) is 5.56 Å². The van der Waals surface area contributed by atoms with E-state index in [-0.39, 0.29) is 0 Å². The highest BCUT2D eigenvalue weighted by Crippen LogP contribution is 2.31. The minimum absolute atomic E-state index is 0.428. The van der Waals surface area contributed by atoms with Gasteiger partial charge in [-0.2, -0.15) is 13.2 Å². The van der Waals surface area contributed by atoms with E-state index in [9.17, 15) is 23.1 Å². The molecule has 0 radical (unpaired) electrons. The first-order valence-electron chi connectivity index (χ1n) is 5.76. The van der Waals surface area contributed by atoms with E-state index >= 15 is 0 Å². The number of carbonyl (C=O) groups excluding carboxylic acids is 1. The van der Waals surface area contributed by atoms with Crippen molar-refractivity contribution in [2.75, 3.05) is 0 Å². The van der Waals surface area contributed by atoms with Gasteiger partial charge in [-0.15, -0.1) is 0 Å². The Morgan fingerprint density at radius 3 is 2.16 bits per heavy atom. The molecule has 0 aliphatic heterocycles. The Morgan fingerprint density at radius 1 is 1.26 bits per heavy atom. The molecule has 0 fully saturated rings. The maximum atomic E-state index is 12.4. The zero-order valence-corrected chi connectivity index (χ0v) is 10.6. The first-order chi connectivity index (χ1) is 8.77. The first kappa shape index (κ1) is 15.4. The van der Waals surface area contributed by atoms with Crippen LogP contribution in [0.2, 0.25) is 0 Å². The van der Waals surface area contributed by atoms with Crippen LogP contribution < -0.4 is 0 Å². The molecule has 19 heavy (non-hydrogen) atoms. The lowest BCUT2D eigenvalue weighted by atomic mass is 9.90. The number of Topliss-reactive ketones (excluding diaryl/α,β-unsaturated/α-hetero) is 1. The van der Waals surface area contributed by atoms with E-state index < -0.39 is 29.5 Å². The third-order valence-electron chi connectivity index (χ3n) is 2.78. The van der Waals surface area contributed by atoms with Gasteiger partial charge in [0.1, 0.15) is 6.10 Å². The summed E-state index contributed by atoms with van der Waals surface area (Å²) in [6, 6.07) is 4.44. The second-order valence-electron chi connectivity index (χ2n) is 4.23. The summed E-state index contributed by atoms with van der Waals surface area (Å²) in [6.07, 6.45) is -2.41. The smallest absolute Gasteiger partial charge is 0.384 e. The number of carbonyl (C=O) groups is 1. The van der Waals surface area contributed by atoms with E-state index in [1.54, 1.807) is 19.1 Å². The molecule has 0 saturated heterocycles. The SMILES string of the molecule is C/C=C/[C@@H](c1ccc(C(F)(F)F)cc1)[C@@H](O)C(C)=O. The standard InChI is InChI=1S/C14H15F3O2/c1-3-4-12(13(19)9(2)18)10-5-7-11(8-6-10)14(15,16)17/h3-8,12-13,19H,1-2H3/b4-3+/t12-,13-/m0/s1. The van der Waals surface area contributed by atoms with Gasteiger partial charge in [-0.05, 0) is 31.5 Å². The third-order valence-corrected chi connectivity index (χ3v) is 2.78. The van der Waals surface area contributed by atoms with Crippen LogP contribution in [-0.4, -0.2) is 17.0 Å². The van der Waals surface area contributed by atoms with Crippen molar-refractivity contribution in [1.29, 1.82) is 0 Å². The molecule has 0 heterocycles. The number of alkyl halides is 3. The van der Waals surface area contributed by atoms with Gasteiger partial charge in [0.2, 0.25) is 0 Å². The van der Waals surface area contributed by atoms with E-state index in [1.807, 2.05) is 0 Å². The Hall–Kier alpha value is -1.62. The van der Waals surface area contributed by atoms with Crippen molar-refractivity contribution in [3.8, 4) is 0 Å². The number of hydrogen-bond acceptors (Lipinski definition) is 2. The third kappa shape index (κ3) is 3.92. The number of ketones is 1. The van der Waals surface area contributed by atoms with Crippen molar-refractivity contribution in [1.82, 2.24) is 0 Å². The molecule has 1 rings (SSSR count). The highest BCUT2D eigenvalue weighted by molar-refractivity contribution is 5.81. The lowest BCUT2D eigenvalue weighted by molar-refractivity contribution is -0.137. The Balaban J connectivity index is 3.08. The van der Waals surface area contributed by atoms with Gasteiger partial charge in [0, 0.05) is 5.92 Å². The van der Waals surface area contributed by atoms with Crippen LogP contribution in [0, 0.1) is 0 Å². The summed E-state index contributed by atoms with van der Waals surface area (Å²) in [5, 5.41) is 9.78. The van der Waals surface area contributed by atoms with Crippen LogP contribution in [0.15, 0.2) is 36.4 Å². The van der Waals surface area contributed by atoms with Gasteiger partial charge >= 0.3 is 6.18 Å². The van der Waals surface area contributed by atoms with E-state index in [4.69, 9.17) is 0 Å². The Labute approximate surface area is 109 Å². The number of hydrogen-bond donors (Lipinski definition) is 1. The highest BCUT2D eigenvalue weighted by Gasteiger charge is 2.30. The molecule has 1 N–H and O–H groups in total. The average molecular weight is 272 g/mol. The van der Waals surface area contributed by atoms with Gasteiger partial charge in [0.25, 0.3) is 0 Å². The van der Waals surface area contributed by atoms with Crippen LogP contribution >= 0.6 is 0 Å². The summed E-state index contributed by atoms with van der Waals surface area (Å²) in [4.78, 5) is 11.2. The molecule has 0 amide bonds. The topological polar surface area (TPSA) is 37.3 Å². The molecule has 0 spiro atoms. The second kappa shape index (κ2) is 6.02. The maximum absolute atomic E-state index is 12.4. The van der Waals surface area contributed by atoms with E-state index in [2.05, 4.69) is 0 Å². The predicted molar refractivity (Wildman–Crippen MR) is 65.7 cm³/mol. The van der Waals surface area contributed by atoms with Crippen molar-refractivity contribution in [2.24, 2.45) is 0 Å². The number of aliphatic hydroxyl groups is 1. The van der Waals surface area contributed by atoms with Crippen molar-refractivity contribution >= 4 is 5.78 Å². The average Bonchev–Trinajstić information content (AvgIpc) is 2.34. The zero-order chi connectivity index (χ0) is 14.6.